The fourth-order valence-electron chi connectivity index (χ4n) is 3.93. The molecule has 41 heavy (non-hydrogen) atoms. The molecule has 0 spiro atoms. The Morgan fingerprint density at radius 3 is 2.00 bits per heavy atom. The summed E-state index contributed by atoms with van der Waals surface area (Å²) < 4.78 is 0. The number of carbonyl (C=O) groups excluding carboxylic acids is 4. The van der Waals surface area contributed by atoms with Crippen molar-refractivity contribution in [3.63, 3.8) is 0 Å². The number of phenolic OH excluding ortho intramolecular Hbond substituents is 1. The second-order valence-electron chi connectivity index (χ2n) is 9.94. The predicted molar refractivity (Wildman–Crippen MR) is 151 cm³/mol. The van der Waals surface area contributed by atoms with Crippen LogP contribution in [0.5, 0.6) is 5.75 Å². The van der Waals surface area contributed by atoms with E-state index in [1.165, 1.54) is 19.1 Å². The third-order valence-corrected chi connectivity index (χ3v) is 6.62. The Morgan fingerprint density at radius 1 is 0.805 bits per heavy atom. The molecule has 2 rings (SSSR count). The standard InChI is InChI=1S/C29H39N5O7/c1-4-17(2)25(29(40)41)34-28(39)23(15-19-8-6-5-7-9-19)33-26(37)18(3)32-24(36)16-31-27(38)22(30)14-20-10-12-21(35)13-11-20/h5-13,17-18,22-23,25,35H,4,14-16,30H2,1-3H3,(H,31,38)(H,32,36)(H,33,37)(H,34,39)(H,40,41)/t17-,18-,22-,23-,25-/m0/s1. The summed E-state index contributed by atoms with van der Waals surface area (Å²) in [5.74, 6) is -3.98. The summed E-state index contributed by atoms with van der Waals surface area (Å²) in [6, 6.07) is 10.9. The third kappa shape index (κ3) is 10.9. The van der Waals surface area contributed by atoms with Crippen molar-refractivity contribution in [3.05, 3.63) is 65.7 Å². The lowest BCUT2D eigenvalue weighted by atomic mass is 9.98. The molecule has 0 saturated heterocycles. The Bertz CT molecular complexity index is 1190. The minimum Gasteiger partial charge on any atom is -0.508 e. The summed E-state index contributed by atoms with van der Waals surface area (Å²) in [5.41, 5.74) is 7.38. The van der Waals surface area contributed by atoms with Crippen molar-refractivity contribution in [3.8, 4) is 5.75 Å². The number of hydrogen-bond donors (Lipinski definition) is 7. The van der Waals surface area contributed by atoms with Crippen molar-refractivity contribution < 1.29 is 34.2 Å². The number of aromatic hydroxyl groups is 1. The maximum absolute atomic E-state index is 13.1. The zero-order chi connectivity index (χ0) is 30.5. The van der Waals surface area contributed by atoms with Crippen LogP contribution in [0.4, 0.5) is 0 Å². The lowest BCUT2D eigenvalue weighted by Crippen LogP contribution is -2.57. The molecule has 0 aliphatic carbocycles. The molecule has 222 valence electrons. The van der Waals surface area contributed by atoms with Gasteiger partial charge in [0.25, 0.3) is 0 Å². The number of hydrogen-bond acceptors (Lipinski definition) is 7. The third-order valence-electron chi connectivity index (χ3n) is 6.62. The zero-order valence-corrected chi connectivity index (χ0v) is 23.4. The average Bonchev–Trinajstić information content (AvgIpc) is 2.95. The van der Waals surface area contributed by atoms with E-state index in [9.17, 15) is 34.2 Å². The van der Waals surface area contributed by atoms with Gasteiger partial charge in [0.15, 0.2) is 0 Å². The van der Waals surface area contributed by atoms with Gasteiger partial charge in [-0.2, -0.15) is 0 Å². The lowest BCUT2D eigenvalue weighted by molar-refractivity contribution is -0.143. The van der Waals surface area contributed by atoms with Crippen LogP contribution < -0.4 is 27.0 Å². The van der Waals surface area contributed by atoms with Crippen LogP contribution in [0.25, 0.3) is 0 Å². The molecule has 12 heteroatoms. The van der Waals surface area contributed by atoms with Crippen molar-refractivity contribution >= 4 is 29.6 Å². The fourth-order valence-corrected chi connectivity index (χ4v) is 3.93. The highest BCUT2D eigenvalue weighted by atomic mass is 16.4. The minimum absolute atomic E-state index is 0.0872. The summed E-state index contributed by atoms with van der Waals surface area (Å²) >= 11 is 0. The van der Waals surface area contributed by atoms with E-state index in [2.05, 4.69) is 21.3 Å². The van der Waals surface area contributed by atoms with Crippen molar-refractivity contribution in [2.45, 2.75) is 64.2 Å². The summed E-state index contributed by atoms with van der Waals surface area (Å²) in [4.78, 5) is 62.5. The normalized spacial score (nSPS) is 14.4. The molecule has 2 aromatic carbocycles. The Kier molecular flexibility index (Phi) is 12.8. The van der Waals surface area contributed by atoms with Gasteiger partial charge in [0.05, 0.1) is 12.6 Å². The molecular weight excluding hydrogens is 530 g/mol. The van der Waals surface area contributed by atoms with E-state index < -0.39 is 60.3 Å². The van der Waals surface area contributed by atoms with Gasteiger partial charge < -0.3 is 37.2 Å². The first kappa shape index (κ1) is 32.8. The molecule has 12 nitrogen and oxygen atoms in total. The van der Waals surface area contributed by atoms with Gasteiger partial charge in [0.2, 0.25) is 23.6 Å². The van der Waals surface area contributed by atoms with Gasteiger partial charge in [-0.15, -0.1) is 0 Å². The molecule has 0 saturated carbocycles. The van der Waals surface area contributed by atoms with E-state index in [0.29, 0.717) is 6.42 Å². The van der Waals surface area contributed by atoms with Gasteiger partial charge in [-0.25, -0.2) is 4.79 Å². The molecule has 2 aromatic rings. The Balaban J connectivity index is 1.96. The number of nitrogens with one attached hydrogen (secondary N) is 4. The zero-order valence-electron chi connectivity index (χ0n) is 23.4. The molecule has 0 aliphatic rings. The molecule has 0 unspecified atom stereocenters. The number of carbonyl (C=O) groups is 5. The molecule has 8 N–H and O–H groups in total. The number of benzene rings is 2. The number of carboxylic acid groups (broad SMARTS) is 1. The number of aliphatic carboxylic acids is 1. The summed E-state index contributed by atoms with van der Waals surface area (Å²) in [5, 5.41) is 28.9. The van der Waals surface area contributed by atoms with Gasteiger partial charge in [-0.1, -0.05) is 62.7 Å². The van der Waals surface area contributed by atoms with E-state index in [1.807, 2.05) is 6.92 Å². The van der Waals surface area contributed by atoms with E-state index in [0.717, 1.165) is 11.1 Å². The Hall–Kier alpha value is -4.45. The van der Waals surface area contributed by atoms with Crippen LogP contribution in [0.15, 0.2) is 54.6 Å². The highest BCUT2D eigenvalue weighted by Crippen LogP contribution is 2.11. The number of amides is 4. The number of nitrogens with two attached hydrogens (primary N) is 1. The highest BCUT2D eigenvalue weighted by Gasteiger charge is 2.30. The molecule has 0 aromatic heterocycles. The van der Waals surface area contributed by atoms with Crippen LogP contribution >= 0.6 is 0 Å². The van der Waals surface area contributed by atoms with Gasteiger partial charge in [0, 0.05) is 6.42 Å². The van der Waals surface area contributed by atoms with Crippen LogP contribution in [-0.2, 0) is 36.8 Å². The molecule has 5 atom stereocenters. The molecule has 4 amide bonds. The van der Waals surface area contributed by atoms with Gasteiger partial charge in [-0.05, 0) is 42.5 Å². The summed E-state index contributed by atoms with van der Waals surface area (Å²) in [6.45, 7) is 4.51. The maximum Gasteiger partial charge on any atom is 0.326 e. The molecule has 0 fully saturated rings. The monoisotopic (exact) mass is 569 g/mol. The first-order chi connectivity index (χ1) is 19.4. The van der Waals surface area contributed by atoms with Crippen LogP contribution in [0.3, 0.4) is 0 Å². The number of phenols is 1. The molecule has 0 heterocycles. The van der Waals surface area contributed by atoms with Crippen molar-refractivity contribution in [2.24, 2.45) is 11.7 Å². The second kappa shape index (κ2) is 16.0. The van der Waals surface area contributed by atoms with Crippen molar-refractivity contribution in [1.82, 2.24) is 21.3 Å². The molecule has 0 aliphatic heterocycles. The maximum atomic E-state index is 13.1. The van der Waals surface area contributed by atoms with E-state index >= 15 is 0 Å². The van der Waals surface area contributed by atoms with Gasteiger partial charge in [0.1, 0.15) is 23.9 Å². The minimum atomic E-state index is -1.18. The van der Waals surface area contributed by atoms with Crippen LogP contribution in [0.1, 0.15) is 38.3 Å². The topological polar surface area (TPSA) is 200 Å². The number of rotatable bonds is 15. The van der Waals surface area contributed by atoms with Crippen LogP contribution in [0.2, 0.25) is 0 Å². The Morgan fingerprint density at radius 2 is 1.41 bits per heavy atom. The first-order valence-electron chi connectivity index (χ1n) is 13.4. The van der Waals surface area contributed by atoms with E-state index in [1.54, 1.807) is 49.4 Å². The number of carboxylic acids is 1. The van der Waals surface area contributed by atoms with Crippen LogP contribution in [-0.4, -0.2) is 70.5 Å². The molecule has 0 bridgehead atoms. The average molecular weight is 570 g/mol. The van der Waals surface area contributed by atoms with E-state index in [-0.39, 0.29) is 24.5 Å². The second-order valence-corrected chi connectivity index (χ2v) is 9.94. The van der Waals surface area contributed by atoms with Gasteiger partial charge >= 0.3 is 5.97 Å². The van der Waals surface area contributed by atoms with Gasteiger partial charge in [-0.3, -0.25) is 19.2 Å². The van der Waals surface area contributed by atoms with Crippen LogP contribution in [0, 0.1) is 5.92 Å². The largest absolute Gasteiger partial charge is 0.508 e. The SMILES string of the molecule is CC[C@H](C)[C@H](NC(=O)[C@H](Cc1ccccc1)NC(=O)[C@H](C)NC(=O)CNC(=O)[C@@H](N)Cc1ccc(O)cc1)C(=O)O. The fraction of sp³-hybridized carbons (Fsp3) is 0.414. The molecule has 0 radical (unpaired) electrons. The smallest absolute Gasteiger partial charge is 0.326 e. The first-order valence-corrected chi connectivity index (χ1v) is 13.4. The van der Waals surface area contributed by atoms with Crippen molar-refractivity contribution in [1.29, 1.82) is 0 Å². The summed E-state index contributed by atoms with van der Waals surface area (Å²) in [6.07, 6.45) is 0.812. The Labute approximate surface area is 239 Å². The summed E-state index contributed by atoms with van der Waals surface area (Å²) in [7, 11) is 0. The van der Waals surface area contributed by atoms with Crippen molar-refractivity contribution in [2.75, 3.05) is 6.54 Å². The highest BCUT2D eigenvalue weighted by molar-refractivity contribution is 5.94. The van der Waals surface area contributed by atoms with E-state index in [4.69, 9.17) is 5.73 Å². The molecular formula is C29H39N5O7. The predicted octanol–water partition coefficient (Wildman–Crippen LogP) is 0.226. The lowest BCUT2D eigenvalue weighted by Gasteiger charge is -2.25. The quantitative estimate of drug-likeness (QED) is 0.158.